The third kappa shape index (κ3) is 3.32. The second kappa shape index (κ2) is 6.76. The zero-order valence-electron chi connectivity index (χ0n) is 12.8. The minimum atomic E-state index is 0.681. The molecule has 21 heavy (non-hydrogen) atoms. The molecule has 0 heterocycles. The Hall–Kier alpha value is -2.53. The SMILES string of the molecule is CC/C=C(\c1ccccc1C)N(C)c1cccc(C#N)c1. The van der Waals surface area contributed by atoms with Crippen molar-refractivity contribution >= 4 is 11.4 Å². The number of hydrogen-bond acceptors (Lipinski definition) is 2. The third-order valence-corrected chi connectivity index (χ3v) is 3.54. The zero-order valence-corrected chi connectivity index (χ0v) is 12.8. The van der Waals surface area contributed by atoms with Gasteiger partial charge in [-0.3, -0.25) is 0 Å². The van der Waals surface area contributed by atoms with Gasteiger partial charge in [0.1, 0.15) is 0 Å². The van der Waals surface area contributed by atoms with Gasteiger partial charge in [-0.1, -0.05) is 43.3 Å². The Morgan fingerprint density at radius 3 is 2.62 bits per heavy atom. The van der Waals surface area contributed by atoms with Crippen LogP contribution in [0.15, 0.2) is 54.6 Å². The predicted molar refractivity (Wildman–Crippen MR) is 89.0 cm³/mol. The Bertz CT molecular complexity index is 693. The molecular formula is C19H20N2. The highest BCUT2D eigenvalue weighted by atomic mass is 15.1. The Balaban J connectivity index is 2.46. The van der Waals surface area contributed by atoms with Gasteiger partial charge in [0.2, 0.25) is 0 Å². The van der Waals surface area contributed by atoms with E-state index in [0.29, 0.717) is 5.56 Å². The van der Waals surface area contributed by atoms with Crippen LogP contribution in [-0.2, 0) is 0 Å². The fourth-order valence-electron chi connectivity index (χ4n) is 2.40. The maximum absolute atomic E-state index is 9.06. The molecule has 0 unspecified atom stereocenters. The Labute approximate surface area is 127 Å². The van der Waals surface area contributed by atoms with Crippen LogP contribution in [0, 0.1) is 18.3 Å². The summed E-state index contributed by atoms with van der Waals surface area (Å²) < 4.78 is 0. The summed E-state index contributed by atoms with van der Waals surface area (Å²) in [6.07, 6.45) is 3.19. The van der Waals surface area contributed by atoms with E-state index < -0.39 is 0 Å². The van der Waals surface area contributed by atoms with Crippen molar-refractivity contribution in [1.29, 1.82) is 5.26 Å². The van der Waals surface area contributed by atoms with Crippen LogP contribution >= 0.6 is 0 Å². The van der Waals surface area contributed by atoms with E-state index in [4.69, 9.17) is 5.26 Å². The Kier molecular flexibility index (Phi) is 4.79. The van der Waals surface area contributed by atoms with Crippen molar-refractivity contribution < 1.29 is 0 Å². The molecule has 2 rings (SSSR count). The van der Waals surface area contributed by atoms with Crippen molar-refractivity contribution in [3.63, 3.8) is 0 Å². The molecule has 0 amide bonds. The number of rotatable bonds is 4. The molecular weight excluding hydrogens is 256 g/mol. The van der Waals surface area contributed by atoms with Crippen molar-refractivity contribution in [1.82, 2.24) is 0 Å². The van der Waals surface area contributed by atoms with Crippen LogP contribution in [0.2, 0.25) is 0 Å². The molecule has 0 saturated carbocycles. The molecule has 106 valence electrons. The average Bonchev–Trinajstić information content (AvgIpc) is 2.53. The molecule has 2 heteroatoms. The lowest BCUT2D eigenvalue weighted by molar-refractivity contribution is 1.15. The van der Waals surface area contributed by atoms with Crippen molar-refractivity contribution in [2.75, 3.05) is 11.9 Å². The minimum absolute atomic E-state index is 0.681. The molecule has 0 fully saturated rings. The number of aryl methyl sites for hydroxylation is 1. The van der Waals surface area contributed by atoms with E-state index >= 15 is 0 Å². The van der Waals surface area contributed by atoms with Gasteiger partial charge >= 0.3 is 0 Å². The predicted octanol–water partition coefficient (Wildman–Crippen LogP) is 4.75. The summed E-state index contributed by atoms with van der Waals surface area (Å²) in [5.74, 6) is 0. The molecule has 0 radical (unpaired) electrons. The van der Waals surface area contributed by atoms with E-state index in [2.05, 4.69) is 55.2 Å². The fraction of sp³-hybridized carbons (Fsp3) is 0.211. The third-order valence-electron chi connectivity index (χ3n) is 3.54. The number of benzene rings is 2. The van der Waals surface area contributed by atoms with E-state index in [1.807, 2.05) is 31.3 Å². The van der Waals surface area contributed by atoms with Crippen LogP contribution in [-0.4, -0.2) is 7.05 Å². The quantitative estimate of drug-likeness (QED) is 0.805. The molecule has 2 aromatic carbocycles. The largest absolute Gasteiger partial charge is 0.344 e. The summed E-state index contributed by atoms with van der Waals surface area (Å²) in [6.45, 7) is 4.26. The van der Waals surface area contributed by atoms with E-state index in [-0.39, 0.29) is 0 Å². The highest BCUT2D eigenvalue weighted by Crippen LogP contribution is 2.27. The van der Waals surface area contributed by atoms with E-state index in [9.17, 15) is 0 Å². The van der Waals surface area contributed by atoms with E-state index in [1.165, 1.54) is 16.8 Å². The van der Waals surface area contributed by atoms with Crippen LogP contribution in [0.25, 0.3) is 5.70 Å². The molecule has 2 aromatic rings. The van der Waals surface area contributed by atoms with E-state index in [0.717, 1.165) is 12.1 Å². The summed E-state index contributed by atoms with van der Waals surface area (Å²) in [5, 5.41) is 9.06. The molecule has 0 aromatic heterocycles. The first-order chi connectivity index (χ1) is 10.2. The van der Waals surface area contributed by atoms with Crippen molar-refractivity contribution in [3.8, 4) is 6.07 Å². The lowest BCUT2D eigenvalue weighted by atomic mass is 10.0. The summed E-state index contributed by atoms with van der Waals surface area (Å²) >= 11 is 0. The number of nitrogens with zero attached hydrogens (tertiary/aromatic N) is 2. The summed E-state index contributed by atoms with van der Waals surface area (Å²) in [5.41, 5.74) is 5.35. The standard InChI is InChI=1S/C19H20N2/c1-4-8-19(18-12-6-5-9-15(18)2)21(3)17-11-7-10-16(13-17)14-20/h5-13H,4H2,1-3H3/b19-8+. The van der Waals surface area contributed by atoms with Crippen molar-refractivity contribution in [2.24, 2.45) is 0 Å². The van der Waals surface area contributed by atoms with Gasteiger partial charge in [0.05, 0.1) is 11.6 Å². The number of anilines is 1. The lowest BCUT2D eigenvalue weighted by Gasteiger charge is -2.24. The Morgan fingerprint density at radius 1 is 1.19 bits per heavy atom. The minimum Gasteiger partial charge on any atom is -0.344 e. The molecule has 0 aliphatic carbocycles. The van der Waals surface area contributed by atoms with Gasteiger partial charge in [0.15, 0.2) is 0 Å². The smallest absolute Gasteiger partial charge is 0.0992 e. The zero-order chi connectivity index (χ0) is 15.2. The van der Waals surface area contributed by atoms with Gasteiger partial charge < -0.3 is 4.90 Å². The lowest BCUT2D eigenvalue weighted by Crippen LogP contribution is -2.16. The van der Waals surface area contributed by atoms with Gasteiger partial charge in [-0.25, -0.2) is 0 Å². The monoisotopic (exact) mass is 276 g/mol. The van der Waals surface area contributed by atoms with Crippen molar-refractivity contribution in [3.05, 3.63) is 71.3 Å². The van der Waals surface area contributed by atoms with Crippen LogP contribution < -0.4 is 4.90 Å². The van der Waals surface area contributed by atoms with Crippen LogP contribution in [0.4, 0.5) is 5.69 Å². The van der Waals surface area contributed by atoms with Crippen molar-refractivity contribution in [2.45, 2.75) is 20.3 Å². The highest BCUT2D eigenvalue weighted by molar-refractivity contribution is 5.80. The molecule has 0 aliphatic heterocycles. The van der Waals surface area contributed by atoms with E-state index in [1.54, 1.807) is 0 Å². The molecule has 0 N–H and O–H groups in total. The highest BCUT2D eigenvalue weighted by Gasteiger charge is 2.11. The molecule has 2 nitrogen and oxygen atoms in total. The maximum atomic E-state index is 9.06. The average molecular weight is 276 g/mol. The first kappa shape index (κ1) is 14.9. The first-order valence-corrected chi connectivity index (χ1v) is 7.17. The Morgan fingerprint density at radius 2 is 1.95 bits per heavy atom. The number of hydrogen-bond donors (Lipinski definition) is 0. The summed E-state index contributed by atoms with van der Waals surface area (Å²) in [4.78, 5) is 2.15. The van der Waals surface area contributed by atoms with Crippen LogP contribution in [0.3, 0.4) is 0 Å². The van der Waals surface area contributed by atoms with Gasteiger partial charge in [-0.2, -0.15) is 5.26 Å². The molecule has 0 atom stereocenters. The fourth-order valence-corrected chi connectivity index (χ4v) is 2.40. The maximum Gasteiger partial charge on any atom is 0.0992 e. The second-order valence-corrected chi connectivity index (χ2v) is 5.03. The number of allylic oxidation sites excluding steroid dienone is 1. The molecule has 0 aliphatic rings. The van der Waals surface area contributed by atoms with Gasteiger partial charge in [0, 0.05) is 24.0 Å². The topological polar surface area (TPSA) is 27.0 Å². The van der Waals surface area contributed by atoms with Gasteiger partial charge in [0.25, 0.3) is 0 Å². The summed E-state index contributed by atoms with van der Waals surface area (Å²) in [6, 6.07) is 18.3. The van der Waals surface area contributed by atoms with Crippen LogP contribution in [0.1, 0.15) is 30.0 Å². The first-order valence-electron chi connectivity index (χ1n) is 7.17. The second-order valence-electron chi connectivity index (χ2n) is 5.03. The van der Waals surface area contributed by atoms with Gasteiger partial charge in [-0.15, -0.1) is 0 Å². The normalized spacial score (nSPS) is 11.0. The molecule has 0 saturated heterocycles. The summed E-state index contributed by atoms with van der Waals surface area (Å²) in [7, 11) is 2.05. The molecule has 0 spiro atoms. The number of nitriles is 1. The van der Waals surface area contributed by atoms with Crippen LogP contribution in [0.5, 0.6) is 0 Å². The van der Waals surface area contributed by atoms with Gasteiger partial charge in [-0.05, 0) is 37.1 Å². The molecule has 0 bridgehead atoms.